The normalized spacial score (nSPS) is 15.7. The summed E-state index contributed by atoms with van der Waals surface area (Å²) in [6.45, 7) is 5.41. The summed E-state index contributed by atoms with van der Waals surface area (Å²) in [5.74, 6) is -0.533. The third-order valence-corrected chi connectivity index (χ3v) is 4.20. The number of hydrogen-bond acceptors (Lipinski definition) is 5. The van der Waals surface area contributed by atoms with Gasteiger partial charge in [0.05, 0.1) is 0 Å². The van der Waals surface area contributed by atoms with Gasteiger partial charge in [-0.2, -0.15) is 0 Å². The highest BCUT2D eigenvalue weighted by Crippen LogP contribution is 2.26. The average Bonchev–Trinajstić information content (AvgIpc) is 2.55. The minimum absolute atomic E-state index is 0.0585. The van der Waals surface area contributed by atoms with Crippen molar-refractivity contribution in [1.82, 2.24) is 14.9 Å². The van der Waals surface area contributed by atoms with Crippen molar-refractivity contribution in [1.29, 1.82) is 0 Å². The largest absolute Gasteiger partial charge is 0.476 e. The molecule has 2 aromatic rings. The number of carboxylic acids is 1. The number of aromatic carboxylic acids is 1. The molecule has 2 heterocycles. The van der Waals surface area contributed by atoms with E-state index >= 15 is 0 Å². The zero-order valence-corrected chi connectivity index (χ0v) is 13.4. The number of nitrogens with zero attached hydrogens (tertiary/aromatic N) is 4. The fourth-order valence-corrected chi connectivity index (χ4v) is 2.77. The van der Waals surface area contributed by atoms with Gasteiger partial charge in [-0.05, 0) is 25.1 Å². The summed E-state index contributed by atoms with van der Waals surface area (Å²) in [5, 5.41) is 9.57. The van der Waals surface area contributed by atoms with E-state index in [4.69, 9.17) is 0 Å². The first-order chi connectivity index (χ1) is 11.1. The predicted molar refractivity (Wildman–Crippen MR) is 88.9 cm³/mol. The maximum atomic E-state index is 11.7. The smallest absolute Gasteiger partial charge is 0.355 e. The molecule has 1 aromatic carbocycles. The number of hydrogen-bond donors (Lipinski definition) is 1. The number of carboxylic acid groups (broad SMARTS) is 1. The minimum atomic E-state index is -1.03. The Morgan fingerprint density at radius 2 is 1.83 bits per heavy atom. The fraction of sp³-hybridized carbons (Fsp3) is 0.353. The van der Waals surface area contributed by atoms with Gasteiger partial charge in [0.2, 0.25) is 5.95 Å². The highest BCUT2D eigenvalue weighted by Gasteiger charge is 2.21. The Hall–Kier alpha value is -2.47. The highest BCUT2D eigenvalue weighted by molar-refractivity contribution is 5.94. The zero-order valence-electron chi connectivity index (χ0n) is 13.4. The number of anilines is 1. The van der Waals surface area contributed by atoms with Gasteiger partial charge in [0.25, 0.3) is 0 Å². The van der Waals surface area contributed by atoms with E-state index in [-0.39, 0.29) is 5.69 Å². The third kappa shape index (κ3) is 3.17. The molecule has 1 fully saturated rings. The minimum Gasteiger partial charge on any atom is -0.476 e. The van der Waals surface area contributed by atoms with E-state index in [0.29, 0.717) is 11.5 Å². The average molecular weight is 312 g/mol. The Morgan fingerprint density at radius 3 is 2.48 bits per heavy atom. The van der Waals surface area contributed by atoms with Crippen LogP contribution in [-0.2, 0) is 0 Å². The Labute approximate surface area is 135 Å². The van der Waals surface area contributed by atoms with Crippen LogP contribution in [0.15, 0.2) is 30.5 Å². The van der Waals surface area contributed by atoms with Crippen LogP contribution in [0.5, 0.6) is 0 Å². The van der Waals surface area contributed by atoms with Crippen molar-refractivity contribution < 1.29 is 9.90 Å². The van der Waals surface area contributed by atoms with Crippen molar-refractivity contribution >= 4 is 11.9 Å². The van der Waals surface area contributed by atoms with Gasteiger partial charge in [0, 0.05) is 37.9 Å². The molecule has 6 heteroatoms. The number of likely N-dealkylation sites (N-methyl/N-ethyl adjacent to an activating group) is 1. The second-order valence-corrected chi connectivity index (χ2v) is 5.84. The van der Waals surface area contributed by atoms with E-state index in [0.717, 1.165) is 37.3 Å². The molecule has 6 nitrogen and oxygen atoms in total. The molecule has 1 aliphatic rings. The first-order valence-electron chi connectivity index (χ1n) is 7.66. The Balaban J connectivity index is 2.00. The molecule has 23 heavy (non-hydrogen) atoms. The fourth-order valence-electron chi connectivity index (χ4n) is 2.77. The number of aromatic nitrogens is 2. The number of piperazine rings is 1. The first-order valence-corrected chi connectivity index (χ1v) is 7.66. The van der Waals surface area contributed by atoms with E-state index in [1.165, 1.54) is 0 Å². The molecule has 0 saturated carbocycles. The molecule has 120 valence electrons. The molecule has 1 aliphatic heterocycles. The molecule has 1 saturated heterocycles. The van der Waals surface area contributed by atoms with Gasteiger partial charge < -0.3 is 14.9 Å². The molecule has 0 amide bonds. The molecular weight excluding hydrogens is 292 g/mol. The lowest BCUT2D eigenvalue weighted by Gasteiger charge is -2.32. The quantitative estimate of drug-likeness (QED) is 0.933. The molecule has 1 N–H and O–H groups in total. The van der Waals surface area contributed by atoms with Crippen LogP contribution in [-0.4, -0.2) is 59.2 Å². The second-order valence-electron chi connectivity index (χ2n) is 5.84. The molecule has 0 atom stereocenters. The summed E-state index contributed by atoms with van der Waals surface area (Å²) in [5.41, 5.74) is 2.48. The Bertz CT molecular complexity index is 724. The van der Waals surface area contributed by atoms with E-state index in [1.54, 1.807) is 6.20 Å². The van der Waals surface area contributed by atoms with Crippen LogP contribution < -0.4 is 4.90 Å². The van der Waals surface area contributed by atoms with E-state index in [1.807, 2.05) is 36.1 Å². The lowest BCUT2D eigenvalue weighted by atomic mass is 10.0. The molecule has 0 bridgehead atoms. The van der Waals surface area contributed by atoms with Gasteiger partial charge in [-0.3, -0.25) is 0 Å². The van der Waals surface area contributed by atoms with Gasteiger partial charge >= 0.3 is 5.97 Å². The second kappa shape index (κ2) is 6.34. The first kappa shape index (κ1) is 15.4. The molecule has 1 aromatic heterocycles. The monoisotopic (exact) mass is 312 g/mol. The summed E-state index contributed by atoms with van der Waals surface area (Å²) in [6.07, 6.45) is 1.63. The predicted octanol–water partition coefficient (Wildman–Crippen LogP) is 1.90. The number of benzene rings is 1. The third-order valence-electron chi connectivity index (χ3n) is 4.20. The summed E-state index contributed by atoms with van der Waals surface area (Å²) >= 11 is 0. The van der Waals surface area contributed by atoms with Crippen LogP contribution in [0.4, 0.5) is 5.95 Å². The van der Waals surface area contributed by atoms with Crippen LogP contribution in [0.1, 0.15) is 16.1 Å². The van der Waals surface area contributed by atoms with Crippen molar-refractivity contribution in [2.45, 2.75) is 6.92 Å². The van der Waals surface area contributed by atoms with Gasteiger partial charge in [-0.25, -0.2) is 14.8 Å². The van der Waals surface area contributed by atoms with Crippen LogP contribution in [0.2, 0.25) is 0 Å². The lowest BCUT2D eigenvalue weighted by molar-refractivity contribution is 0.0691. The van der Waals surface area contributed by atoms with Gasteiger partial charge in [-0.15, -0.1) is 0 Å². The summed E-state index contributed by atoms with van der Waals surface area (Å²) < 4.78 is 0. The summed E-state index contributed by atoms with van der Waals surface area (Å²) in [7, 11) is 2.07. The van der Waals surface area contributed by atoms with Crippen LogP contribution in [0.3, 0.4) is 0 Å². The van der Waals surface area contributed by atoms with Gasteiger partial charge in [0.1, 0.15) is 0 Å². The lowest BCUT2D eigenvalue weighted by Crippen LogP contribution is -2.45. The van der Waals surface area contributed by atoms with Crippen molar-refractivity contribution in [2.75, 3.05) is 38.1 Å². The van der Waals surface area contributed by atoms with Crippen LogP contribution in [0.25, 0.3) is 11.1 Å². The van der Waals surface area contributed by atoms with E-state index in [9.17, 15) is 9.90 Å². The SMILES string of the molecule is Cc1ccccc1-c1cnc(N2CCN(C)CC2)nc1C(=O)O. The summed E-state index contributed by atoms with van der Waals surface area (Å²) in [6, 6.07) is 7.67. The number of rotatable bonds is 3. The topological polar surface area (TPSA) is 69.6 Å². The molecule has 0 aliphatic carbocycles. The zero-order chi connectivity index (χ0) is 16.4. The Morgan fingerprint density at radius 1 is 1.13 bits per heavy atom. The van der Waals surface area contributed by atoms with Crippen LogP contribution in [0, 0.1) is 6.92 Å². The van der Waals surface area contributed by atoms with Gasteiger partial charge in [-0.1, -0.05) is 24.3 Å². The molecule has 0 spiro atoms. The van der Waals surface area contributed by atoms with Crippen molar-refractivity contribution in [2.24, 2.45) is 0 Å². The molecular formula is C17H20N4O2. The van der Waals surface area contributed by atoms with Crippen molar-refractivity contribution in [3.05, 3.63) is 41.7 Å². The van der Waals surface area contributed by atoms with Crippen molar-refractivity contribution in [3.63, 3.8) is 0 Å². The standard InChI is InChI=1S/C17H20N4O2/c1-12-5-3-4-6-13(12)14-11-18-17(19-15(14)16(22)23)21-9-7-20(2)8-10-21/h3-6,11H,7-10H2,1-2H3,(H,22,23). The molecule has 0 unspecified atom stereocenters. The van der Waals surface area contributed by atoms with E-state index < -0.39 is 5.97 Å². The Kier molecular flexibility index (Phi) is 4.25. The number of carbonyl (C=O) groups is 1. The van der Waals surface area contributed by atoms with Crippen molar-refractivity contribution in [3.8, 4) is 11.1 Å². The van der Waals surface area contributed by atoms with Crippen LogP contribution >= 0.6 is 0 Å². The number of aryl methyl sites for hydroxylation is 1. The molecule has 0 radical (unpaired) electrons. The summed E-state index contributed by atoms with van der Waals surface area (Å²) in [4.78, 5) is 24.7. The molecule has 3 rings (SSSR count). The maximum Gasteiger partial charge on any atom is 0.355 e. The highest BCUT2D eigenvalue weighted by atomic mass is 16.4. The van der Waals surface area contributed by atoms with E-state index in [2.05, 4.69) is 21.9 Å². The maximum absolute atomic E-state index is 11.7. The van der Waals surface area contributed by atoms with Gasteiger partial charge in [0.15, 0.2) is 5.69 Å².